The second-order valence-electron chi connectivity index (χ2n) is 5.19. The number of para-hydroxylation sites is 1. The molecule has 3 nitrogen and oxygen atoms in total. The third kappa shape index (κ3) is 2.12. The number of halogens is 1. The van der Waals surface area contributed by atoms with Gasteiger partial charge in [-0.25, -0.2) is 0 Å². The van der Waals surface area contributed by atoms with Crippen molar-refractivity contribution in [3.8, 4) is 0 Å². The van der Waals surface area contributed by atoms with Gasteiger partial charge in [-0.15, -0.1) is 0 Å². The summed E-state index contributed by atoms with van der Waals surface area (Å²) in [4.78, 5) is 12.4. The van der Waals surface area contributed by atoms with Crippen LogP contribution in [0.3, 0.4) is 0 Å². The van der Waals surface area contributed by atoms with Crippen LogP contribution in [0.5, 0.6) is 0 Å². The number of aryl methyl sites for hydroxylation is 1. The van der Waals surface area contributed by atoms with E-state index in [0.717, 1.165) is 23.7 Å². The van der Waals surface area contributed by atoms with E-state index in [1.807, 2.05) is 35.9 Å². The Balaban J connectivity index is 1.97. The molecule has 2 aromatic rings. The number of carbonyl (C=O) groups excluding carboxylic acids is 1. The average molecular weight is 277 g/mol. The molecule has 1 aromatic carbocycles. The smallest absolute Gasteiger partial charge is 0.269 e. The Hall–Kier alpha value is -1.48. The van der Waals surface area contributed by atoms with Crippen molar-refractivity contribution in [1.29, 1.82) is 0 Å². The van der Waals surface area contributed by atoms with Crippen molar-refractivity contribution in [1.82, 2.24) is 9.88 Å². The first-order valence-corrected chi connectivity index (χ1v) is 7.10. The van der Waals surface area contributed by atoms with Crippen LogP contribution in [-0.2, 0) is 7.05 Å². The number of aromatic nitrogens is 1. The summed E-state index contributed by atoms with van der Waals surface area (Å²) in [7, 11) is 1.89. The summed E-state index contributed by atoms with van der Waals surface area (Å²) in [6.07, 6.45) is 4.56. The van der Waals surface area contributed by atoms with Crippen LogP contribution in [0.4, 0.5) is 0 Å². The molecule has 0 radical (unpaired) electrons. The SMILES string of the molecule is Cn1c(C(=O)NC2CCCC2)c(Cl)c2ccccc21. The fourth-order valence-corrected chi connectivity index (χ4v) is 3.30. The van der Waals surface area contributed by atoms with Crippen LogP contribution >= 0.6 is 11.6 Å². The van der Waals surface area contributed by atoms with E-state index >= 15 is 0 Å². The van der Waals surface area contributed by atoms with Gasteiger partial charge in [-0.2, -0.15) is 0 Å². The molecule has 1 amide bonds. The van der Waals surface area contributed by atoms with E-state index in [-0.39, 0.29) is 5.91 Å². The summed E-state index contributed by atoms with van der Waals surface area (Å²) >= 11 is 6.36. The van der Waals surface area contributed by atoms with E-state index in [0.29, 0.717) is 16.8 Å². The van der Waals surface area contributed by atoms with Crippen LogP contribution in [0.15, 0.2) is 24.3 Å². The van der Waals surface area contributed by atoms with Crippen molar-refractivity contribution in [2.45, 2.75) is 31.7 Å². The van der Waals surface area contributed by atoms with Crippen LogP contribution in [0.25, 0.3) is 10.9 Å². The summed E-state index contributed by atoms with van der Waals surface area (Å²) < 4.78 is 1.88. The number of carbonyl (C=O) groups is 1. The molecule has 0 unspecified atom stereocenters. The van der Waals surface area contributed by atoms with Crippen LogP contribution in [0, 0.1) is 0 Å². The molecule has 0 bridgehead atoms. The van der Waals surface area contributed by atoms with E-state index in [2.05, 4.69) is 5.32 Å². The van der Waals surface area contributed by atoms with Crippen LogP contribution in [-0.4, -0.2) is 16.5 Å². The van der Waals surface area contributed by atoms with Crippen molar-refractivity contribution >= 4 is 28.4 Å². The zero-order valence-electron chi connectivity index (χ0n) is 10.9. The molecular weight excluding hydrogens is 260 g/mol. The maximum atomic E-state index is 12.4. The average Bonchev–Trinajstić information content (AvgIpc) is 2.99. The Bertz CT molecular complexity index is 587. The van der Waals surface area contributed by atoms with Crippen molar-refractivity contribution < 1.29 is 4.79 Å². The fourth-order valence-electron chi connectivity index (χ4n) is 2.92. The molecule has 1 fully saturated rings. The molecule has 0 atom stereocenters. The molecule has 1 saturated carbocycles. The van der Waals surface area contributed by atoms with Gasteiger partial charge in [-0.3, -0.25) is 4.79 Å². The quantitative estimate of drug-likeness (QED) is 0.895. The summed E-state index contributed by atoms with van der Waals surface area (Å²) in [5.74, 6) is -0.0596. The van der Waals surface area contributed by atoms with Gasteiger partial charge in [0.05, 0.1) is 5.02 Å². The van der Waals surface area contributed by atoms with Gasteiger partial charge in [0.25, 0.3) is 5.91 Å². The van der Waals surface area contributed by atoms with Gasteiger partial charge in [0.1, 0.15) is 5.69 Å². The molecule has 0 aliphatic heterocycles. The maximum absolute atomic E-state index is 12.4. The van der Waals surface area contributed by atoms with Gasteiger partial charge in [0.2, 0.25) is 0 Å². The summed E-state index contributed by atoms with van der Waals surface area (Å²) in [5.41, 5.74) is 1.55. The van der Waals surface area contributed by atoms with E-state index in [4.69, 9.17) is 11.6 Å². The molecule has 1 heterocycles. The standard InChI is InChI=1S/C15H17ClN2O/c1-18-12-9-5-4-8-11(12)13(16)14(18)15(19)17-10-6-2-3-7-10/h4-5,8-10H,2-3,6-7H2,1H3,(H,17,19). The zero-order chi connectivity index (χ0) is 13.4. The highest BCUT2D eigenvalue weighted by molar-refractivity contribution is 6.38. The molecule has 100 valence electrons. The van der Waals surface area contributed by atoms with Gasteiger partial charge in [-0.05, 0) is 18.9 Å². The zero-order valence-corrected chi connectivity index (χ0v) is 11.7. The Morgan fingerprint density at radius 3 is 2.68 bits per heavy atom. The Kier molecular flexibility index (Phi) is 3.23. The highest BCUT2D eigenvalue weighted by Crippen LogP contribution is 2.30. The lowest BCUT2D eigenvalue weighted by Gasteiger charge is -2.12. The van der Waals surface area contributed by atoms with Crippen molar-refractivity contribution in [2.24, 2.45) is 7.05 Å². The van der Waals surface area contributed by atoms with E-state index in [1.165, 1.54) is 12.8 Å². The van der Waals surface area contributed by atoms with Crippen molar-refractivity contribution in [3.63, 3.8) is 0 Å². The van der Waals surface area contributed by atoms with Crippen LogP contribution in [0.1, 0.15) is 36.2 Å². The highest BCUT2D eigenvalue weighted by Gasteiger charge is 2.23. The maximum Gasteiger partial charge on any atom is 0.269 e. The minimum absolute atomic E-state index is 0.0596. The number of amides is 1. The van der Waals surface area contributed by atoms with Gasteiger partial charge >= 0.3 is 0 Å². The molecular formula is C15H17ClN2O. The summed E-state index contributed by atoms with van der Waals surface area (Å²) in [5, 5.41) is 4.58. The number of hydrogen-bond donors (Lipinski definition) is 1. The topological polar surface area (TPSA) is 34.0 Å². The normalized spacial score (nSPS) is 16.1. The molecule has 19 heavy (non-hydrogen) atoms. The minimum atomic E-state index is -0.0596. The molecule has 1 aliphatic rings. The van der Waals surface area contributed by atoms with Gasteiger partial charge in [0.15, 0.2) is 0 Å². The molecule has 1 aliphatic carbocycles. The molecule has 1 aromatic heterocycles. The number of rotatable bonds is 2. The van der Waals surface area contributed by atoms with Crippen molar-refractivity contribution in [3.05, 3.63) is 35.0 Å². The number of nitrogens with zero attached hydrogens (tertiary/aromatic N) is 1. The minimum Gasteiger partial charge on any atom is -0.348 e. The first-order chi connectivity index (χ1) is 9.18. The third-order valence-corrected chi connectivity index (χ3v) is 4.33. The summed E-state index contributed by atoms with van der Waals surface area (Å²) in [6, 6.07) is 8.13. The lowest BCUT2D eigenvalue weighted by molar-refractivity contribution is 0.0930. The highest BCUT2D eigenvalue weighted by atomic mass is 35.5. The summed E-state index contributed by atoms with van der Waals surface area (Å²) in [6.45, 7) is 0. The molecule has 1 N–H and O–H groups in total. The third-order valence-electron chi connectivity index (χ3n) is 3.95. The monoisotopic (exact) mass is 276 g/mol. The van der Waals surface area contributed by atoms with Crippen LogP contribution < -0.4 is 5.32 Å². The molecule has 0 spiro atoms. The predicted octanol–water partition coefficient (Wildman–Crippen LogP) is 3.50. The van der Waals surface area contributed by atoms with E-state index in [9.17, 15) is 4.79 Å². The second-order valence-corrected chi connectivity index (χ2v) is 5.57. The van der Waals surface area contributed by atoms with Crippen LogP contribution in [0.2, 0.25) is 5.02 Å². The molecule has 3 rings (SSSR count). The largest absolute Gasteiger partial charge is 0.348 e. The lowest BCUT2D eigenvalue weighted by Crippen LogP contribution is -2.33. The van der Waals surface area contributed by atoms with E-state index in [1.54, 1.807) is 0 Å². The fraction of sp³-hybridized carbons (Fsp3) is 0.400. The molecule has 0 saturated heterocycles. The first kappa shape index (κ1) is 12.5. The Morgan fingerprint density at radius 1 is 1.32 bits per heavy atom. The second kappa shape index (κ2) is 4.89. The Morgan fingerprint density at radius 2 is 2.00 bits per heavy atom. The Labute approximate surface area is 117 Å². The number of hydrogen-bond acceptors (Lipinski definition) is 1. The molecule has 4 heteroatoms. The van der Waals surface area contributed by atoms with Gasteiger partial charge < -0.3 is 9.88 Å². The van der Waals surface area contributed by atoms with Crippen molar-refractivity contribution in [2.75, 3.05) is 0 Å². The van der Waals surface area contributed by atoms with E-state index < -0.39 is 0 Å². The number of fused-ring (bicyclic) bond motifs is 1. The lowest BCUT2D eigenvalue weighted by atomic mass is 10.2. The van der Waals surface area contributed by atoms with Gasteiger partial charge in [0, 0.05) is 24.0 Å². The number of benzene rings is 1. The number of nitrogens with one attached hydrogen (secondary N) is 1. The first-order valence-electron chi connectivity index (χ1n) is 6.72. The predicted molar refractivity (Wildman–Crippen MR) is 77.7 cm³/mol. The van der Waals surface area contributed by atoms with Gasteiger partial charge in [-0.1, -0.05) is 42.6 Å².